The first-order chi connectivity index (χ1) is 16.1. The number of benzene rings is 2. The zero-order valence-corrected chi connectivity index (χ0v) is 21.8. The van der Waals surface area contributed by atoms with Gasteiger partial charge in [-0.2, -0.15) is 0 Å². The Morgan fingerprint density at radius 2 is 1.47 bits per heavy atom. The molecule has 5 nitrogen and oxygen atoms in total. The fraction of sp³-hybridized carbons (Fsp3) is 0.414. The summed E-state index contributed by atoms with van der Waals surface area (Å²) in [6.45, 7) is 15.3. The van der Waals surface area contributed by atoms with Crippen molar-refractivity contribution in [2.75, 3.05) is 0 Å². The van der Waals surface area contributed by atoms with Crippen LogP contribution < -0.4 is 4.57 Å². The molecule has 34 heavy (non-hydrogen) atoms. The number of nitrogens with zero attached hydrogens (tertiary/aromatic N) is 5. The maximum Gasteiger partial charge on any atom is 0.287 e. The van der Waals surface area contributed by atoms with Crippen molar-refractivity contribution >= 4 is 10.9 Å². The number of rotatable bonds is 6. The summed E-state index contributed by atoms with van der Waals surface area (Å²) < 4.78 is 2.12. The van der Waals surface area contributed by atoms with Crippen molar-refractivity contribution in [1.29, 1.82) is 0 Å². The van der Waals surface area contributed by atoms with Crippen molar-refractivity contribution in [2.24, 2.45) is 18.9 Å². The quantitative estimate of drug-likeness (QED) is 0.340. The maximum atomic E-state index is 4.88. The Morgan fingerprint density at radius 1 is 0.824 bits per heavy atom. The molecule has 0 fully saturated rings. The fourth-order valence-corrected chi connectivity index (χ4v) is 4.51. The van der Waals surface area contributed by atoms with E-state index in [0.29, 0.717) is 11.8 Å². The van der Waals surface area contributed by atoms with Crippen LogP contribution in [0, 0.1) is 32.6 Å². The highest BCUT2D eigenvalue weighted by Crippen LogP contribution is 2.31. The summed E-state index contributed by atoms with van der Waals surface area (Å²) in [7, 11) is 2.07. The summed E-state index contributed by atoms with van der Waals surface area (Å²) in [5, 5.41) is 1.10. The Balaban J connectivity index is 1.94. The molecule has 0 N–H and O–H groups in total. The van der Waals surface area contributed by atoms with Crippen LogP contribution in [0.3, 0.4) is 0 Å². The lowest BCUT2D eigenvalue weighted by Crippen LogP contribution is -2.32. The highest BCUT2D eigenvalue weighted by Gasteiger charge is 2.20. The predicted molar refractivity (Wildman–Crippen MR) is 138 cm³/mol. The van der Waals surface area contributed by atoms with Gasteiger partial charge in [-0.05, 0) is 73.0 Å². The molecule has 4 rings (SSSR count). The molecule has 5 heteroatoms. The minimum absolute atomic E-state index is 0.487. The van der Waals surface area contributed by atoms with Crippen LogP contribution >= 0.6 is 0 Å². The molecule has 0 aliphatic heterocycles. The lowest BCUT2D eigenvalue weighted by atomic mass is 9.95. The summed E-state index contributed by atoms with van der Waals surface area (Å²) >= 11 is 0. The molecule has 176 valence electrons. The Bertz CT molecular complexity index is 1330. The molecule has 2 aromatic carbocycles. The molecular formula is C29H36N5+. The molecule has 0 spiro atoms. The lowest BCUT2D eigenvalue weighted by Gasteiger charge is -2.13. The van der Waals surface area contributed by atoms with Crippen LogP contribution in [0.15, 0.2) is 36.7 Å². The van der Waals surface area contributed by atoms with Crippen LogP contribution in [0.1, 0.15) is 56.0 Å². The van der Waals surface area contributed by atoms with Crippen molar-refractivity contribution in [3.8, 4) is 22.6 Å². The van der Waals surface area contributed by atoms with E-state index in [2.05, 4.69) is 90.4 Å². The van der Waals surface area contributed by atoms with Crippen molar-refractivity contribution in [2.45, 2.75) is 61.3 Å². The third-order valence-corrected chi connectivity index (χ3v) is 6.21. The SMILES string of the molecule is Cc1cc(C)c(C)c(-c2c3cc(-c4nc(CC(C)C)nc(CC(C)C)n4)ccc3nc[n+]2C)c1. The van der Waals surface area contributed by atoms with E-state index in [1.165, 1.54) is 22.3 Å². The third kappa shape index (κ3) is 4.98. The van der Waals surface area contributed by atoms with E-state index in [9.17, 15) is 0 Å². The first-order valence-electron chi connectivity index (χ1n) is 12.2. The summed E-state index contributed by atoms with van der Waals surface area (Å²) in [5.74, 6) is 3.47. The van der Waals surface area contributed by atoms with E-state index < -0.39 is 0 Å². The average molecular weight is 455 g/mol. The van der Waals surface area contributed by atoms with Gasteiger partial charge in [-0.3, -0.25) is 0 Å². The first kappa shape index (κ1) is 23.9. The summed E-state index contributed by atoms with van der Waals surface area (Å²) in [6, 6.07) is 10.9. The Morgan fingerprint density at radius 3 is 2.09 bits per heavy atom. The highest BCUT2D eigenvalue weighted by atomic mass is 15.0. The van der Waals surface area contributed by atoms with E-state index in [0.717, 1.165) is 52.5 Å². The standard InChI is InChI=1S/C29H36N5/c1-17(2)11-26-31-27(12-18(3)4)33-29(32-26)22-9-10-25-24(15-22)28(34(8)16-30-25)23-14-19(5)13-20(6)21(23)7/h9-10,13-18H,11-12H2,1-8H3/q+1. The van der Waals surface area contributed by atoms with Crippen molar-refractivity contribution in [3.05, 3.63) is 65.0 Å². The molecule has 2 heterocycles. The minimum atomic E-state index is 0.487. The topological polar surface area (TPSA) is 55.4 Å². The normalized spacial score (nSPS) is 11.7. The second-order valence-corrected chi connectivity index (χ2v) is 10.4. The lowest BCUT2D eigenvalue weighted by molar-refractivity contribution is -0.662. The molecule has 0 atom stereocenters. The molecule has 2 aromatic heterocycles. The Labute approximate surface area is 203 Å². The van der Waals surface area contributed by atoms with Crippen LogP contribution in [0.2, 0.25) is 0 Å². The average Bonchev–Trinajstić information content (AvgIpc) is 2.75. The minimum Gasteiger partial charge on any atom is -0.232 e. The van der Waals surface area contributed by atoms with E-state index in [-0.39, 0.29) is 0 Å². The van der Waals surface area contributed by atoms with Crippen molar-refractivity contribution < 1.29 is 4.57 Å². The molecule has 0 radical (unpaired) electrons. The highest BCUT2D eigenvalue weighted by molar-refractivity contribution is 5.94. The van der Waals surface area contributed by atoms with Crippen LogP contribution in [0.5, 0.6) is 0 Å². The van der Waals surface area contributed by atoms with Gasteiger partial charge in [-0.25, -0.2) is 19.5 Å². The molecule has 0 saturated carbocycles. The van der Waals surface area contributed by atoms with Gasteiger partial charge in [0.1, 0.15) is 17.3 Å². The molecule has 0 aliphatic carbocycles. The fourth-order valence-electron chi connectivity index (χ4n) is 4.51. The molecule has 4 aromatic rings. The van der Waals surface area contributed by atoms with Gasteiger partial charge >= 0.3 is 0 Å². The van der Waals surface area contributed by atoms with Gasteiger partial charge in [0.25, 0.3) is 6.33 Å². The second-order valence-electron chi connectivity index (χ2n) is 10.4. The van der Waals surface area contributed by atoms with E-state index in [4.69, 9.17) is 19.9 Å². The largest absolute Gasteiger partial charge is 0.287 e. The maximum absolute atomic E-state index is 4.88. The first-order valence-corrected chi connectivity index (χ1v) is 12.2. The third-order valence-electron chi connectivity index (χ3n) is 6.21. The van der Waals surface area contributed by atoms with Crippen LogP contribution in [0.4, 0.5) is 0 Å². The molecule has 0 bridgehead atoms. The van der Waals surface area contributed by atoms with E-state index >= 15 is 0 Å². The number of fused-ring (bicyclic) bond motifs is 1. The van der Waals surface area contributed by atoms with Gasteiger partial charge in [0, 0.05) is 24.0 Å². The number of hydrogen-bond donors (Lipinski definition) is 0. The molecule has 0 unspecified atom stereocenters. The van der Waals surface area contributed by atoms with Crippen molar-refractivity contribution in [3.63, 3.8) is 0 Å². The monoisotopic (exact) mass is 454 g/mol. The van der Waals surface area contributed by atoms with E-state index in [1.807, 2.05) is 6.33 Å². The molecule has 0 amide bonds. The second kappa shape index (κ2) is 9.57. The summed E-state index contributed by atoms with van der Waals surface area (Å²) in [6.07, 6.45) is 3.59. The predicted octanol–water partition coefficient (Wildman–Crippen LogP) is 5.90. The van der Waals surface area contributed by atoms with Crippen LogP contribution in [-0.4, -0.2) is 19.9 Å². The van der Waals surface area contributed by atoms with Crippen LogP contribution in [0.25, 0.3) is 33.5 Å². The zero-order chi connectivity index (χ0) is 24.6. The number of aryl methyl sites for hydroxylation is 3. The smallest absolute Gasteiger partial charge is 0.232 e. The van der Waals surface area contributed by atoms with Gasteiger partial charge < -0.3 is 0 Å². The molecule has 0 saturated heterocycles. The summed E-state index contributed by atoms with van der Waals surface area (Å²) in [5.41, 5.74) is 8.21. The van der Waals surface area contributed by atoms with Gasteiger partial charge in [0.2, 0.25) is 0 Å². The Hall–Kier alpha value is -3.21. The van der Waals surface area contributed by atoms with Crippen LogP contribution in [-0.2, 0) is 19.9 Å². The van der Waals surface area contributed by atoms with Gasteiger partial charge in [-0.15, -0.1) is 0 Å². The van der Waals surface area contributed by atoms with E-state index in [1.54, 1.807) is 0 Å². The van der Waals surface area contributed by atoms with Crippen molar-refractivity contribution in [1.82, 2.24) is 19.9 Å². The number of aromatic nitrogens is 5. The molecule has 0 aliphatic rings. The Kier molecular flexibility index (Phi) is 6.74. The zero-order valence-electron chi connectivity index (χ0n) is 21.8. The summed E-state index contributed by atoms with van der Waals surface area (Å²) in [4.78, 5) is 19.2. The van der Waals surface area contributed by atoms with Gasteiger partial charge in [-0.1, -0.05) is 39.3 Å². The number of hydrogen-bond acceptors (Lipinski definition) is 4. The van der Waals surface area contributed by atoms with Gasteiger partial charge in [0.05, 0.1) is 12.4 Å². The molecular weight excluding hydrogens is 418 g/mol. The van der Waals surface area contributed by atoms with Gasteiger partial charge in [0.15, 0.2) is 11.3 Å².